The van der Waals surface area contributed by atoms with Crippen molar-refractivity contribution < 1.29 is 18.6 Å². The SMILES string of the molecule is C[C@H]([C@@H](O)[C@@H](C)O)S(C)(=O)=O. The quantitative estimate of drug-likeness (QED) is 0.597. The topological polar surface area (TPSA) is 74.6 Å². The zero-order valence-corrected chi connectivity index (χ0v) is 7.67. The van der Waals surface area contributed by atoms with E-state index in [1.807, 2.05) is 0 Å². The normalized spacial score (nSPS) is 20.8. The number of aliphatic hydroxyl groups is 2. The van der Waals surface area contributed by atoms with Crippen LogP contribution >= 0.6 is 0 Å². The molecule has 11 heavy (non-hydrogen) atoms. The maximum Gasteiger partial charge on any atom is 0.152 e. The second-order valence-electron chi connectivity index (χ2n) is 2.77. The lowest BCUT2D eigenvalue weighted by atomic mass is 10.2. The first-order chi connectivity index (χ1) is 4.76. The number of sulfone groups is 1. The van der Waals surface area contributed by atoms with Gasteiger partial charge in [0.15, 0.2) is 9.84 Å². The lowest BCUT2D eigenvalue weighted by molar-refractivity contribution is 0.0315. The molecule has 0 unspecified atom stereocenters. The van der Waals surface area contributed by atoms with Crippen LogP contribution in [0.15, 0.2) is 0 Å². The minimum atomic E-state index is -3.26. The summed E-state index contributed by atoms with van der Waals surface area (Å²) in [6.45, 7) is 2.72. The monoisotopic (exact) mass is 182 g/mol. The van der Waals surface area contributed by atoms with Crippen molar-refractivity contribution in [3.8, 4) is 0 Å². The first-order valence-corrected chi connectivity index (χ1v) is 5.27. The average Bonchev–Trinajstić information content (AvgIpc) is 1.82. The van der Waals surface area contributed by atoms with Crippen molar-refractivity contribution in [3.05, 3.63) is 0 Å². The van der Waals surface area contributed by atoms with Crippen LogP contribution in [0.25, 0.3) is 0 Å². The molecule has 0 amide bonds. The van der Waals surface area contributed by atoms with Crippen LogP contribution in [0.5, 0.6) is 0 Å². The van der Waals surface area contributed by atoms with E-state index < -0.39 is 27.3 Å². The van der Waals surface area contributed by atoms with Crippen molar-refractivity contribution in [1.82, 2.24) is 0 Å². The van der Waals surface area contributed by atoms with Gasteiger partial charge in [0.25, 0.3) is 0 Å². The van der Waals surface area contributed by atoms with Gasteiger partial charge in [-0.1, -0.05) is 0 Å². The number of rotatable bonds is 3. The molecule has 0 radical (unpaired) electrons. The lowest BCUT2D eigenvalue weighted by Gasteiger charge is -2.19. The molecule has 0 aliphatic heterocycles. The maximum absolute atomic E-state index is 10.8. The van der Waals surface area contributed by atoms with E-state index in [2.05, 4.69) is 0 Å². The smallest absolute Gasteiger partial charge is 0.152 e. The Hall–Kier alpha value is -0.130. The molecule has 68 valence electrons. The van der Waals surface area contributed by atoms with Gasteiger partial charge in [0.2, 0.25) is 0 Å². The molecule has 0 aliphatic carbocycles. The van der Waals surface area contributed by atoms with E-state index in [-0.39, 0.29) is 0 Å². The number of aliphatic hydroxyl groups excluding tert-OH is 2. The third kappa shape index (κ3) is 3.18. The highest BCUT2D eigenvalue weighted by Crippen LogP contribution is 2.07. The van der Waals surface area contributed by atoms with Crippen molar-refractivity contribution >= 4 is 9.84 Å². The molecule has 0 aliphatic rings. The van der Waals surface area contributed by atoms with Gasteiger partial charge in [-0.15, -0.1) is 0 Å². The third-order valence-corrected chi connectivity index (χ3v) is 3.28. The van der Waals surface area contributed by atoms with Gasteiger partial charge in [0.05, 0.1) is 17.5 Å². The molecule has 0 rings (SSSR count). The summed E-state index contributed by atoms with van der Waals surface area (Å²) in [6.07, 6.45) is -1.19. The Morgan fingerprint density at radius 1 is 1.18 bits per heavy atom. The average molecular weight is 182 g/mol. The summed E-state index contributed by atoms with van der Waals surface area (Å²) in [7, 11) is -3.26. The molecule has 0 fully saturated rings. The van der Waals surface area contributed by atoms with Gasteiger partial charge < -0.3 is 10.2 Å². The van der Waals surface area contributed by atoms with Crippen molar-refractivity contribution in [2.75, 3.05) is 6.26 Å². The largest absolute Gasteiger partial charge is 0.391 e. The molecule has 4 nitrogen and oxygen atoms in total. The van der Waals surface area contributed by atoms with Crippen LogP contribution in [0.2, 0.25) is 0 Å². The van der Waals surface area contributed by atoms with E-state index in [1.165, 1.54) is 13.8 Å². The van der Waals surface area contributed by atoms with E-state index in [0.29, 0.717) is 0 Å². The lowest BCUT2D eigenvalue weighted by Crippen LogP contribution is -2.38. The Balaban J connectivity index is 4.38. The minimum absolute atomic E-state index is 0.914. The van der Waals surface area contributed by atoms with Crippen molar-refractivity contribution in [1.29, 1.82) is 0 Å². The fraction of sp³-hybridized carbons (Fsp3) is 1.00. The summed E-state index contributed by atoms with van der Waals surface area (Å²) in [4.78, 5) is 0. The van der Waals surface area contributed by atoms with Gasteiger partial charge in [0, 0.05) is 6.26 Å². The predicted molar refractivity (Wildman–Crippen MR) is 42.0 cm³/mol. The van der Waals surface area contributed by atoms with E-state index in [0.717, 1.165) is 6.26 Å². The summed E-state index contributed by atoms with van der Waals surface area (Å²) in [5.74, 6) is 0. The fourth-order valence-electron chi connectivity index (χ4n) is 0.645. The van der Waals surface area contributed by atoms with E-state index in [1.54, 1.807) is 0 Å². The van der Waals surface area contributed by atoms with Gasteiger partial charge in [-0.3, -0.25) is 0 Å². The highest BCUT2D eigenvalue weighted by molar-refractivity contribution is 7.91. The fourth-order valence-corrected chi connectivity index (χ4v) is 1.38. The molecule has 5 heteroatoms. The van der Waals surface area contributed by atoms with Crippen LogP contribution in [0, 0.1) is 0 Å². The summed E-state index contributed by atoms with van der Waals surface area (Å²) < 4.78 is 21.6. The molecular formula is C6H14O4S. The van der Waals surface area contributed by atoms with Gasteiger partial charge in [0.1, 0.15) is 0 Å². The number of hydrogen-bond donors (Lipinski definition) is 2. The Bertz CT molecular complexity index is 207. The molecule has 3 atom stereocenters. The number of hydrogen-bond acceptors (Lipinski definition) is 4. The summed E-state index contributed by atoms with van der Waals surface area (Å²) in [5, 5.41) is 17.0. The van der Waals surface area contributed by atoms with Gasteiger partial charge in [-0.05, 0) is 13.8 Å². The van der Waals surface area contributed by atoms with Crippen LogP contribution < -0.4 is 0 Å². The van der Waals surface area contributed by atoms with Gasteiger partial charge in [-0.25, -0.2) is 8.42 Å². The zero-order valence-electron chi connectivity index (χ0n) is 6.85. The van der Waals surface area contributed by atoms with Crippen molar-refractivity contribution in [2.45, 2.75) is 31.3 Å². The summed E-state index contributed by atoms with van der Waals surface area (Å²) >= 11 is 0. The van der Waals surface area contributed by atoms with Crippen molar-refractivity contribution in [2.24, 2.45) is 0 Å². The first kappa shape index (κ1) is 10.9. The third-order valence-electron chi connectivity index (χ3n) is 1.65. The van der Waals surface area contributed by atoms with Crippen LogP contribution in [-0.4, -0.2) is 42.3 Å². The van der Waals surface area contributed by atoms with Gasteiger partial charge >= 0.3 is 0 Å². The van der Waals surface area contributed by atoms with Crippen LogP contribution in [0.1, 0.15) is 13.8 Å². The second-order valence-corrected chi connectivity index (χ2v) is 5.17. The van der Waals surface area contributed by atoms with E-state index >= 15 is 0 Å². The standard InChI is InChI=1S/C6H14O4S/c1-4(7)6(8)5(2)11(3,9)10/h4-8H,1-3H3/t4-,5-,6+/m1/s1. The second kappa shape index (κ2) is 3.51. The molecule has 0 saturated carbocycles. The van der Waals surface area contributed by atoms with Crippen molar-refractivity contribution in [3.63, 3.8) is 0 Å². The minimum Gasteiger partial charge on any atom is -0.391 e. The molecule has 0 heterocycles. The molecule has 2 N–H and O–H groups in total. The van der Waals surface area contributed by atoms with Gasteiger partial charge in [-0.2, -0.15) is 0 Å². The molecule has 0 aromatic heterocycles. The molecule has 0 spiro atoms. The Morgan fingerprint density at radius 3 is 1.64 bits per heavy atom. The molecular weight excluding hydrogens is 168 g/mol. The Morgan fingerprint density at radius 2 is 1.55 bits per heavy atom. The molecule has 0 aromatic rings. The molecule has 0 saturated heterocycles. The highest BCUT2D eigenvalue weighted by Gasteiger charge is 2.27. The van der Waals surface area contributed by atoms with Crippen LogP contribution in [-0.2, 0) is 9.84 Å². The van der Waals surface area contributed by atoms with Crippen LogP contribution in [0.3, 0.4) is 0 Å². The van der Waals surface area contributed by atoms with E-state index in [9.17, 15) is 8.42 Å². The summed E-state index contributed by atoms with van der Waals surface area (Å²) in [5.41, 5.74) is 0. The molecule has 0 aromatic carbocycles. The summed E-state index contributed by atoms with van der Waals surface area (Å²) in [6, 6.07) is 0. The Labute approximate surface area is 66.8 Å². The first-order valence-electron chi connectivity index (χ1n) is 3.32. The maximum atomic E-state index is 10.8. The Kier molecular flexibility index (Phi) is 3.47. The molecule has 0 bridgehead atoms. The predicted octanol–water partition coefficient (Wildman–Crippen LogP) is -0.839. The highest BCUT2D eigenvalue weighted by atomic mass is 32.2. The zero-order chi connectivity index (χ0) is 9.23. The van der Waals surface area contributed by atoms with Crippen LogP contribution in [0.4, 0.5) is 0 Å². The van der Waals surface area contributed by atoms with E-state index in [4.69, 9.17) is 10.2 Å².